The van der Waals surface area contributed by atoms with E-state index in [2.05, 4.69) is 20.3 Å². The number of nitrogens with zero attached hydrogens (tertiary/aromatic N) is 2. The summed E-state index contributed by atoms with van der Waals surface area (Å²) in [5.41, 5.74) is 6.66. The number of nitrogen functional groups attached to an aromatic ring is 1. The second-order valence-electron chi connectivity index (χ2n) is 3.20. The van der Waals surface area contributed by atoms with Gasteiger partial charge in [-0.1, -0.05) is 6.07 Å². The predicted molar refractivity (Wildman–Crippen MR) is 59.4 cm³/mol. The first-order chi connectivity index (χ1) is 7.34. The average molecular weight is 203 g/mol. The minimum atomic E-state index is 0.529. The maximum absolute atomic E-state index is 5.56. The van der Waals surface area contributed by atoms with E-state index in [1.54, 1.807) is 12.4 Å². The molecule has 2 aromatic rings. The van der Waals surface area contributed by atoms with Crippen molar-refractivity contribution < 1.29 is 0 Å². The number of rotatable bonds is 4. The molecule has 78 valence electrons. The van der Waals surface area contributed by atoms with Gasteiger partial charge in [0.15, 0.2) is 0 Å². The second kappa shape index (κ2) is 4.45. The summed E-state index contributed by atoms with van der Waals surface area (Å²) in [6.07, 6.45) is 4.37. The van der Waals surface area contributed by atoms with Crippen molar-refractivity contribution in [3.05, 3.63) is 36.4 Å². The Labute approximate surface area is 87.8 Å². The van der Waals surface area contributed by atoms with Gasteiger partial charge in [-0.05, 0) is 12.1 Å². The molecule has 0 amide bonds. The van der Waals surface area contributed by atoms with Gasteiger partial charge in [0.2, 0.25) is 0 Å². The van der Waals surface area contributed by atoms with Crippen LogP contribution in [0.3, 0.4) is 0 Å². The molecule has 5 nitrogen and oxygen atoms in total. The molecule has 2 heterocycles. The summed E-state index contributed by atoms with van der Waals surface area (Å²) < 4.78 is 0. The van der Waals surface area contributed by atoms with Gasteiger partial charge in [0, 0.05) is 24.9 Å². The van der Waals surface area contributed by atoms with E-state index in [0.29, 0.717) is 5.82 Å². The van der Waals surface area contributed by atoms with Crippen molar-refractivity contribution >= 4 is 11.6 Å². The van der Waals surface area contributed by atoms with Crippen LogP contribution < -0.4 is 11.1 Å². The number of hydrogen-bond donors (Lipinski definition) is 3. The average Bonchev–Trinajstić information content (AvgIpc) is 2.71. The first-order valence-corrected chi connectivity index (χ1v) is 4.78. The van der Waals surface area contributed by atoms with Gasteiger partial charge in [0.1, 0.15) is 11.6 Å². The molecule has 0 aliphatic rings. The Morgan fingerprint density at radius 2 is 2.33 bits per heavy atom. The van der Waals surface area contributed by atoms with Crippen molar-refractivity contribution in [2.24, 2.45) is 0 Å². The van der Waals surface area contributed by atoms with E-state index in [1.165, 1.54) is 0 Å². The van der Waals surface area contributed by atoms with Gasteiger partial charge in [-0.25, -0.2) is 9.97 Å². The third kappa shape index (κ3) is 2.70. The van der Waals surface area contributed by atoms with Gasteiger partial charge in [-0.15, -0.1) is 0 Å². The van der Waals surface area contributed by atoms with E-state index >= 15 is 0 Å². The molecule has 2 aromatic heterocycles. The Hall–Kier alpha value is -2.04. The number of aromatic amines is 1. The van der Waals surface area contributed by atoms with E-state index in [1.807, 2.05) is 18.3 Å². The fraction of sp³-hybridized carbons (Fsp3) is 0.200. The summed E-state index contributed by atoms with van der Waals surface area (Å²) in [5, 5.41) is 3.18. The lowest BCUT2D eigenvalue weighted by Gasteiger charge is -2.04. The third-order valence-electron chi connectivity index (χ3n) is 2.03. The zero-order valence-electron chi connectivity index (χ0n) is 8.27. The van der Waals surface area contributed by atoms with Gasteiger partial charge in [-0.2, -0.15) is 0 Å². The van der Waals surface area contributed by atoms with E-state index in [9.17, 15) is 0 Å². The Kier molecular flexibility index (Phi) is 2.82. The zero-order valence-corrected chi connectivity index (χ0v) is 8.27. The molecule has 0 radical (unpaired) electrons. The lowest BCUT2D eigenvalue weighted by molar-refractivity contribution is 0.969. The van der Waals surface area contributed by atoms with Crippen LogP contribution in [0.2, 0.25) is 0 Å². The first-order valence-electron chi connectivity index (χ1n) is 4.78. The van der Waals surface area contributed by atoms with Crippen LogP contribution in [0, 0.1) is 0 Å². The molecule has 0 spiro atoms. The van der Waals surface area contributed by atoms with Gasteiger partial charge in [-0.3, -0.25) is 0 Å². The highest BCUT2D eigenvalue weighted by molar-refractivity contribution is 5.42. The molecule has 0 aliphatic carbocycles. The van der Waals surface area contributed by atoms with Gasteiger partial charge < -0.3 is 16.0 Å². The maximum atomic E-state index is 5.56. The molecule has 0 saturated heterocycles. The number of H-pyrrole nitrogens is 1. The van der Waals surface area contributed by atoms with Crippen molar-refractivity contribution in [1.29, 1.82) is 0 Å². The number of anilines is 2. The van der Waals surface area contributed by atoms with Crippen molar-refractivity contribution in [2.75, 3.05) is 17.6 Å². The van der Waals surface area contributed by atoms with Crippen molar-refractivity contribution in [1.82, 2.24) is 15.0 Å². The molecule has 15 heavy (non-hydrogen) atoms. The molecule has 5 heteroatoms. The van der Waals surface area contributed by atoms with Crippen LogP contribution in [0.25, 0.3) is 0 Å². The maximum Gasteiger partial charge on any atom is 0.128 e. The van der Waals surface area contributed by atoms with Gasteiger partial charge in [0.25, 0.3) is 0 Å². The molecule has 0 unspecified atom stereocenters. The highest BCUT2D eigenvalue weighted by atomic mass is 15.0. The van der Waals surface area contributed by atoms with Crippen molar-refractivity contribution in [3.63, 3.8) is 0 Å². The first kappa shape index (κ1) is 9.51. The quantitative estimate of drug-likeness (QED) is 0.693. The highest BCUT2D eigenvalue weighted by Crippen LogP contribution is 2.05. The molecular formula is C10H13N5. The molecule has 0 aliphatic heterocycles. The zero-order chi connectivity index (χ0) is 10.5. The van der Waals surface area contributed by atoms with Crippen molar-refractivity contribution in [2.45, 2.75) is 6.42 Å². The number of pyridine rings is 1. The van der Waals surface area contributed by atoms with Crippen LogP contribution in [-0.4, -0.2) is 21.5 Å². The van der Waals surface area contributed by atoms with E-state index < -0.39 is 0 Å². The Balaban J connectivity index is 1.83. The summed E-state index contributed by atoms with van der Waals surface area (Å²) in [6, 6.07) is 5.53. The minimum Gasteiger partial charge on any atom is -0.384 e. The van der Waals surface area contributed by atoms with Crippen LogP contribution in [0.15, 0.2) is 30.7 Å². The molecule has 0 atom stereocenters. The molecule has 0 fully saturated rings. The smallest absolute Gasteiger partial charge is 0.128 e. The molecule has 0 saturated carbocycles. The topological polar surface area (TPSA) is 79.6 Å². The van der Waals surface area contributed by atoms with Crippen LogP contribution in [0.5, 0.6) is 0 Å². The van der Waals surface area contributed by atoms with Crippen LogP contribution in [0.1, 0.15) is 5.69 Å². The van der Waals surface area contributed by atoms with Gasteiger partial charge in [0.05, 0.1) is 6.33 Å². The summed E-state index contributed by atoms with van der Waals surface area (Å²) in [7, 11) is 0. The Bertz CT molecular complexity index is 410. The van der Waals surface area contributed by atoms with Crippen LogP contribution in [0.4, 0.5) is 11.6 Å². The summed E-state index contributed by atoms with van der Waals surface area (Å²) in [6.45, 7) is 0.804. The number of hydrogen-bond acceptors (Lipinski definition) is 4. The molecule has 0 aromatic carbocycles. The predicted octanol–water partition coefficient (Wildman–Crippen LogP) is 1.04. The fourth-order valence-corrected chi connectivity index (χ4v) is 1.30. The second-order valence-corrected chi connectivity index (χ2v) is 3.20. The van der Waals surface area contributed by atoms with E-state index in [0.717, 1.165) is 24.5 Å². The van der Waals surface area contributed by atoms with Crippen LogP contribution >= 0.6 is 0 Å². The number of aromatic nitrogens is 3. The lowest BCUT2D eigenvalue weighted by atomic mass is 10.3. The summed E-state index contributed by atoms with van der Waals surface area (Å²) in [4.78, 5) is 11.1. The van der Waals surface area contributed by atoms with Crippen LogP contribution in [-0.2, 0) is 6.42 Å². The van der Waals surface area contributed by atoms with E-state index in [4.69, 9.17) is 5.73 Å². The SMILES string of the molecule is Nc1cccc(NCCc2cnc[nH]2)n1. The number of imidazole rings is 1. The standard InChI is InChI=1S/C10H13N5/c11-9-2-1-3-10(15-9)13-5-4-8-6-12-7-14-8/h1-3,6-7H,4-5H2,(H,12,14)(H3,11,13,15). The number of nitrogens with one attached hydrogen (secondary N) is 2. The Morgan fingerprint density at radius 1 is 1.40 bits per heavy atom. The molecular weight excluding hydrogens is 190 g/mol. The van der Waals surface area contributed by atoms with E-state index in [-0.39, 0.29) is 0 Å². The largest absolute Gasteiger partial charge is 0.384 e. The monoisotopic (exact) mass is 203 g/mol. The summed E-state index contributed by atoms with van der Waals surface area (Å²) >= 11 is 0. The normalized spacial score (nSPS) is 10.1. The van der Waals surface area contributed by atoms with Crippen molar-refractivity contribution in [3.8, 4) is 0 Å². The highest BCUT2D eigenvalue weighted by Gasteiger charge is 1.95. The van der Waals surface area contributed by atoms with Gasteiger partial charge >= 0.3 is 0 Å². The molecule has 4 N–H and O–H groups in total. The third-order valence-corrected chi connectivity index (χ3v) is 2.03. The Morgan fingerprint density at radius 3 is 3.07 bits per heavy atom. The summed E-state index contributed by atoms with van der Waals surface area (Å²) in [5.74, 6) is 1.33. The number of nitrogens with two attached hydrogens (primary N) is 1. The lowest BCUT2D eigenvalue weighted by Crippen LogP contribution is -2.07. The fourth-order valence-electron chi connectivity index (χ4n) is 1.30. The molecule has 0 bridgehead atoms. The molecule has 2 rings (SSSR count). The minimum absolute atomic E-state index is 0.529.